The molecule has 1 aromatic rings. The zero-order chi connectivity index (χ0) is 11.9. The van der Waals surface area contributed by atoms with Gasteiger partial charge in [-0.05, 0) is 41.8 Å². The largest absolute Gasteiger partial charge is 0.496 e. The van der Waals surface area contributed by atoms with Crippen molar-refractivity contribution in [2.24, 2.45) is 5.73 Å². The Morgan fingerprint density at radius 2 is 1.94 bits per heavy atom. The van der Waals surface area contributed by atoms with Crippen molar-refractivity contribution in [3.8, 4) is 11.5 Å². The second kappa shape index (κ2) is 3.93. The fourth-order valence-corrected chi connectivity index (χ4v) is 2.46. The van der Waals surface area contributed by atoms with Crippen LogP contribution in [0.2, 0.25) is 0 Å². The summed E-state index contributed by atoms with van der Waals surface area (Å²) < 4.78 is 11.7. The zero-order valence-electron chi connectivity index (χ0n) is 9.76. The summed E-state index contributed by atoms with van der Waals surface area (Å²) in [6.45, 7) is 1.99. The van der Waals surface area contributed by atoms with Gasteiger partial charge >= 0.3 is 0 Å². The van der Waals surface area contributed by atoms with Crippen LogP contribution in [-0.4, -0.2) is 14.2 Å². The molecule has 0 unspecified atom stereocenters. The molecule has 1 aromatic carbocycles. The van der Waals surface area contributed by atoms with Gasteiger partial charge in [-0.25, -0.2) is 0 Å². The Labute approximate surface area is 104 Å². The molecule has 4 heteroatoms. The van der Waals surface area contributed by atoms with Gasteiger partial charge in [0.1, 0.15) is 11.5 Å². The molecule has 0 bridgehead atoms. The first kappa shape index (κ1) is 11.7. The predicted octanol–water partition coefficient (Wildman–Crippen LogP) is 2.72. The van der Waals surface area contributed by atoms with E-state index in [0.29, 0.717) is 0 Å². The molecule has 0 heterocycles. The first-order chi connectivity index (χ1) is 7.53. The molecule has 2 rings (SSSR count). The molecule has 88 valence electrons. The number of halogens is 1. The molecule has 0 saturated heterocycles. The van der Waals surface area contributed by atoms with Crippen LogP contribution >= 0.6 is 15.9 Å². The van der Waals surface area contributed by atoms with Crippen molar-refractivity contribution in [1.29, 1.82) is 0 Å². The van der Waals surface area contributed by atoms with Gasteiger partial charge in [0.25, 0.3) is 0 Å². The fourth-order valence-electron chi connectivity index (χ4n) is 1.89. The number of rotatable bonds is 3. The number of hydrogen-bond donors (Lipinski definition) is 1. The third-order valence-electron chi connectivity index (χ3n) is 3.17. The molecular weight excluding hydrogens is 270 g/mol. The molecule has 1 aliphatic carbocycles. The van der Waals surface area contributed by atoms with E-state index >= 15 is 0 Å². The van der Waals surface area contributed by atoms with Crippen molar-refractivity contribution in [3.63, 3.8) is 0 Å². The standard InChI is InChI=1S/C12H16BrNO2/c1-7-9(15-2)6-8(12(14)4-5-12)11(16-3)10(7)13/h6H,4-5,14H2,1-3H3. The molecular formula is C12H16BrNO2. The van der Waals surface area contributed by atoms with E-state index in [4.69, 9.17) is 15.2 Å². The number of benzene rings is 1. The summed E-state index contributed by atoms with van der Waals surface area (Å²) in [5, 5.41) is 0. The highest BCUT2D eigenvalue weighted by Gasteiger charge is 2.43. The van der Waals surface area contributed by atoms with Crippen LogP contribution in [0.3, 0.4) is 0 Å². The smallest absolute Gasteiger partial charge is 0.138 e. The maximum Gasteiger partial charge on any atom is 0.138 e. The maximum atomic E-state index is 6.23. The third kappa shape index (κ3) is 1.70. The minimum Gasteiger partial charge on any atom is -0.496 e. The van der Waals surface area contributed by atoms with Gasteiger partial charge in [0.05, 0.1) is 18.7 Å². The van der Waals surface area contributed by atoms with Gasteiger partial charge in [0.2, 0.25) is 0 Å². The van der Waals surface area contributed by atoms with Crippen LogP contribution in [-0.2, 0) is 5.54 Å². The average Bonchev–Trinajstić information content (AvgIpc) is 3.01. The molecule has 0 aromatic heterocycles. The summed E-state index contributed by atoms with van der Waals surface area (Å²) in [7, 11) is 3.34. The molecule has 3 nitrogen and oxygen atoms in total. The first-order valence-electron chi connectivity index (χ1n) is 5.24. The molecule has 0 amide bonds. The summed E-state index contributed by atoms with van der Waals surface area (Å²) >= 11 is 3.54. The van der Waals surface area contributed by atoms with Crippen molar-refractivity contribution in [2.75, 3.05) is 14.2 Å². The molecule has 1 fully saturated rings. The van der Waals surface area contributed by atoms with Crippen LogP contribution in [0.25, 0.3) is 0 Å². The van der Waals surface area contributed by atoms with Gasteiger partial charge < -0.3 is 15.2 Å². The zero-order valence-corrected chi connectivity index (χ0v) is 11.3. The maximum absolute atomic E-state index is 6.23. The van der Waals surface area contributed by atoms with E-state index in [1.54, 1.807) is 14.2 Å². The Kier molecular flexibility index (Phi) is 2.88. The van der Waals surface area contributed by atoms with Crippen molar-refractivity contribution in [3.05, 3.63) is 21.7 Å². The first-order valence-corrected chi connectivity index (χ1v) is 6.03. The molecule has 0 radical (unpaired) electrons. The van der Waals surface area contributed by atoms with Crippen LogP contribution in [0.15, 0.2) is 10.5 Å². The minimum absolute atomic E-state index is 0.227. The third-order valence-corrected chi connectivity index (χ3v) is 4.12. The normalized spacial score (nSPS) is 17.1. The van der Waals surface area contributed by atoms with Crippen LogP contribution in [0.4, 0.5) is 0 Å². The molecule has 1 saturated carbocycles. The number of ether oxygens (including phenoxy) is 2. The Hall–Kier alpha value is -0.740. The van der Waals surface area contributed by atoms with E-state index in [9.17, 15) is 0 Å². The molecule has 1 aliphatic rings. The van der Waals surface area contributed by atoms with Crippen LogP contribution in [0, 0.1) is 6.92 Å². The Bertz CT molecular complexity index is 428. The molecule has 0 aliphatic heterocycles. The SMILES string of the molecule is COc1cc(C2(N)CC2)c(OC)c(Br)c1C. The highest BCUT2D eigenvalue weighted by atomic mass is 79.9. The van der Waals surface area contributed by atoms with Crippen molar-refractivity contribution in [1.82, 2.24) is 0 Å². The lowest BCUT2D eigenvalue weighted by atomic mass is 10.0. The van der Waals surface area contributed by atoms with Crippen LogP contribution in [0.1, 0.15) is 24.0 Å². The highest BCUT2D eigenvalue weighted by Crippen LogP contribution is 2.50. The van der Waals surface area contributed by atoms with Gasteiger partial charge in [-0.15, -0.1) is 0 Å². The van der Waals surface area contributed by atoms with E-state index in [-0.39, 0.29) is 5.54 Å². The Morgan fingerprint density at radius 3 is 2.38 bits per heavy atom. The highest BCUT2D eigenvalue weighted by molar-refractivity contribution is 9.10. The van der Waals surface area contributed by atoms with Crippen molar-refractivity contribution in [2.45, 2.75) is 25.3 Å². The quantitative estimate of drug-likeness (QED) is 0.929. The molecule has 16 heavy (non-hydrogen) atoms. The summed E-state index contributed by atoms with van der Waals surface area (Å²) in [6, 6.07) is 1.99. The average molecular weight is 286 g/mol. The summed E-state index contributed by atoms with van der Waals surface area (Å²) in [6.07, 6.45) is 2.00. The van der Waals surface area contributed by atoms with Gasteiger partial charge in [-0.1, -0.05) is 0 Å². The van der Waals surface area contributed by atoms with E-state index in [0.717, 1.165) is 39.9 Å². The van der Waals surface area contributed by atoms with Crippen LogP contribution < -0.4 is 15.2 Å². The van der Waals surface area contributed by atoms with Crippen LogP contribution in [0.5, 0.6) is 11.5 Å². The number of methoxy groups -OCH3 is 2. The van der Waals surface area contributed by atoms with Gasteiger partial charge in [0, 0.05) is 16.7 Å². The van der Waals surface area contributed by atoms with E-state index in [1.165, 1.54) is 0 Å². The topological polar surface area (TPSA) is 44.5 Å². The summed E-state index contributed by atoms with van der Waals surface area (Å²) in [4.78, 5) is 0. The van der Waals surface area contributed by atoms with Crippen molar-refractivity contribution < 1.29 is 9.47 Å². The van der Waals surface area contributed by atoms with Gasteiger partial charge in [-0.3, -0.25) is 0 Å². The number of nitrogens with two attached hydrogens (primary N) is 1. The number of hydrogen-bond acceptors (Lipinski definition) is 3. The van der Waals surface area contributed by atoms with E-state index in [2.05, 4.69) is 15.9 Å². The second-order valence-corrected chi connectivity index (χ2v) is 5.05. The van der Waals surface area contributed by atoms with E-state index < -0.39 is 0 Å². The lowest BCUT2D eigenvalue weighted by Crippen LogP contribution is -2.20. The molecule has 0 spiro atoms. The lowest BCUT2D eigenvalue weighted by molar-refractivity contribution is 0.389. The Balaban J connectivity index is 2.62. The Morgan fingerprint density at radius 1 is 1.31 bits per heavy atom. The summed E-state index contributed by atoms with van der Waals surface area (Å²) in [5.41, 5.74) is 8.07. The van der Waals surface area contributed by atoms with Gasteiger partial charge in [-0.2, -0.15) is 0 Å². The fraction of sp³-hybridized carbons (Fsp3) is 0.500. The van der Waals surface area contributed by atoms with Crippen molar-refractivity contribution >= 4 is 15.9 Å². The molecule has 2 N–H and O–H groups in total. The van der Waals surface area contributed by atoms with E-state index in [1.807, 2.05) is 13.0 Å². The molecule has 0 atom stereocenters. The second-order valence-electron chi connectivity index (χ2n) is 4.25. The minimum atomic E-state index is -0.227. The van der Waals surface area contributed by atoms with Gasteiger partial charge in [0.15, 0.2) is 0 Å². The lowest BCUT2D eigenvalue weighted by Gasteiger charge is -2.19. The monoisotopic (exact) mass is 285 g/mol. The summed E-state index contributed by atoms with van der Waals surface area (Å²) in [5.74, 6) is 1.68. The predicted molar refractivity (Wildman–Crippen MR) is 67.1 cm³/mol.